The number of ether oxygens (including phenoxy) is 1. The van der Waals surface area contributed by atoms with Crippen molar-refractivity contribution in [3.05, 3.63) is 62.7 Å². The van der Waals surface area contributed by atoms with Gasteiger partial charge in [0.15, 0.2) is 6.23 Å². The molecule has 0 aromatic carbocycles. The molecule has 1 saturated heterocycles. The maximum Gasteiger partial charge on any atom is 0.330 e. The summed E-state index contributed by atoms with van der Waals surface area (Å²) in [5.41, 5.74) is -2.27. The summed E-state index contributed by atoms with van der Waals surface area (Å²) < 4.78 is 49.9. The van der Waals surface area contributed by atoms with Crippen LogP contribution in [0, 0.1) is 0 Å². The topological polar surface area (TPSA) is 315 Å². The van der Waals surface area contributed by atoms with Gasteiger partial charge in [0.05, 0.1) is 6.61 Å². The van der Waals surface area contributed by atoms with Crippen molar-refractivity contribution in [2.75, 3.05) is 6.61 Å². The third-order valence-electron chi connectivity index (χ3n) is 4.83. The van der Waals surface area contributed by atoms with E-state index in [0.29, 0.717) is 10.1 Å². The molecule has 1 amide bonds. The Balaban J connectivity index is 1.72. The number of nitrogens with zero attached hydrogens (tertiary/aromatic N) is 2. The first-order valence-electron chi connectivity index (χ1n) is 10.3. The molecule has 1 aliphatic heterocycles. The predicted molar refractivity (Wildman–Crippen MR) is 116 cm³/mol. The second-order valence-electron chi connectivity index (χ2n) is 7.62. The summed E-state index contributed by atoms with van der Waals surface area (Å²) in [5, 5.41) is 22.9. The summed E-state index contributed by atoms with van der Waals surface area (Å²) in [7, 11) is -18.1. The van der Waals surface area contributed by atoms with Gasteiger partial charge in [0, 0.05) is 25.1 Å². The highest BCUT2D eigenvalue weighted by Crippen LogP contribution is 2.61. The van der Waals surface area contributed by atoms with Crippen LogP contribution in [0.1, 0.15) is 22.1 Å². The minimum Gasteiger partial charge on any atom is -0.756 e. The van der Waals surface area contributed by atoms with Gasteiger partial charge in [-0.3, -0.25) is 37.8 Å². The van der Waals surface area contributed by atoms with Crippen LogP contribution in [0.25, 0.3) is 0 Å². The van der Waals surface area contributed by atoms with Crippen molar-refractivity contribution in [2.45, 2.75) is 31.1 Å². The van der Waals surface area contributed by atoms with E-state index in [0.717, 1.165) is 6.20 Å². The minimum atomic E-state index is -6.19. The number of carbonyl (C=O) groups is 1. The Morgan fingerprint density at radius 1 is 1.10 bits per heavy atom. The van der Waals surface area contributed by atoms with Crippen molar-refractivity contribution in [1.29, 1.82) is 0 Å². The fourth-order valence-corrected chi connectivity index (χ4v) is 6.06. The van der Waals surface area contributed by atoms with Gasteiger partial charge in [-0.1, -0.05) is 0 Å². The second kappa shape index (κ2) is 12.0. The fraction of sp³-hybridized carbons (Fsp3) is 0.375. The van der Waals surface area contributed by atoms with E-state index in [4.69, 9.17) is 9.63 Å². The van der Waals surface area contributed by atoms with Gasteiger partial charge in [0.1, 0.15) is 23.9 Å². The molecule has 216 valence electrons. The van der Waals surface area contributed by atoms with Crippen LogP contribution in [-0.2, 0) is 38.1 Å². The van der Waals surface area contributed by atoms with Gasteiger partial charge in [-0.25, -0.2) is 13.4 Å². The SMILES string of the molecule is O=C(NCc1ccncc1)c1cn(C2OC(COP(=O)([O-])OP(=O)([O-])OP(=O)([O-])O)C(O)C2O)c(=O)[nH]c1=O. The summed E-state index contributed by atoms with van der Waals surface area (Å²) in [5.74, 6) is -0.936. The van der Waals surface area contributed by atoms with Crippen LogP contribution < -0.4 is 31.2 Å². The zero-order valence-corrected chi connectivity index (χ0v) is 21.7. The zero-order valence-electron chi connectivity index (χ0n) is 19.0. The average Bonchev–Trinajstić information content (AvgIpc) is 3.08. The molecule has 3 heterocycles. The van der Waals surface area contributed by atoms with Gasteiger partial charge >= 0.3 is 5.69 Å². The van der Waals surface area contributed by atoms with Gasteiger partial charge in [-0.15, -0.1) is 0 Å². The standard InChI is InChI=1S/C16H21N4O16P3/c21-11-10(7-33-38(29,30)36-39(31,32)35-37(26,27)28)34-15(12(11)22)20-6-9(14(24)19-16(20)25)13(23)18-5-8-1-3-17-4-2-8/h1-4,6,10-12,15,21-22H,5,7H2,(H,18,23)(H,29,30)(H,31,32)(H,19,24,25)(H2,26,27,28)/p-3. The number of hydrogen-bond donors (Lipinski definition) is 5. The second-order valence-corrected chi connectivity index (χ2v) is 11.9. The van der Waals surface area contributed by atoms with E-state index in [-0.39, 0.29) is 6.54 Å². The van der Waals surface area contributed by atoms with Crippen molar-refractivity contribution in [1.82, 2.24) is 19.9 Å². The number of nitrogens with one attached hydrogen (secondary N) is 2. The van der Waals surface area contributed by atoms with E-state index in [1.807, 2.05) is 4.98 Å². The Kier molecular flexibility index (Phi) is 9.57. The molecule has 7 atom stereocenters. The molecule has 3 rings (SSSR count). The lowest BCUT2D eigenvalue weighted by Crippen LogP contribution is -2.41. The third-order valence-corrected chi connectivity index (χ3v) is 8.52. The molecular formula is C16H18N4O16P3-3. The average molecular weight is 615 g/mol. The number of phosphoric acid groups is 3. The van der Waals surface area contributed by atoms with Crippen LogP contribution >= 0.6 is 23.5 Å². The van der Waals surface area contributed by atoms with Gasteiger partial charge in [-0.05, 0) is 17.7 Å². The largest absolute Gasteiger partial charge is 0.756 e. The van der Waals surface area contributed by atoms with Crippen molar-refractivity contribution < 1.29 is 66.2 Å². The maximum absolute atomic E-state index is 12.5. The number of aromatic nitrogens is 3. The van der Waals surface area contributed by atoms with E-state index >= 15 is 0 Å². The number of H-pyrrole nitrogens is 1. The number of aromatic amines is 1. The molecule has 0 saturated carbocycles. The predicted octanol–water partition coefficient (Wildman–Crippen LogP) is -4.07. The number of pyridine rings is 1. The van der Waals surface area contributed by atoms with Gasteiger partial charge in [-0.2, -0.15) is 0 Å². The first-order valence-corrected chi connectivity index (χ1v) is 14.7. The molecule has 23 heteroatoms. The Morgan fingerprint density at radius 3 is 2.36 bits per heavy atom. The normalized spacial score (nSPS) is 25.8. The van der Waals surface area contributed by atoms with Crippen LogP contribution in [0.3, 0.4) is 0 Å². The molecular weight excluding hydrogens is 597 g/mol. The number of hydrogen-bond acceptors (Lipinski definition) is 16. The Hall–Kier alpha value is -2.41. The first kappa shape index (κ1) is 31.1. The van der Waals surface area contributed by atoms with Crippen molar-refractivity contribution in [3.8, 4) is 0 Å². The molecule has 0 bridgehead atoms. The number of aliphatic hydroxyl groups is 2. The van der Waals surface area contributed by atoms with Crippen LogP contribution in [0.5, 0.6) is 0 Å². The smallest absolute Gasteiger partial charge is 0.330 e. The van der Waals surface area contributed by atoms with E-state index in [1.165, 1.54) is 12.4 Å². The monoisotopic (exact) mass is 615 g/mol. The first-order chi connectivity index (χ1) is 18.0. The molecule has 0 spiro atoms. The third kappa shape index (κ3) is 8.54. The number of aliphatic hydroxyl groups excluding tert-OH is 2. The molecule has 1 aliphatic rings. The van der Waals surface area contributed by atoms with E-state index in [1.54, 1.807) is 12.1 Å². The fourth-order valence-electron chi connectivity index (χ4n) is 3.16. The van der Waals surface area contributed by atoms with Crippen molar-refractivity contribution in [2.24, 2.45) is 0 Å². The number of amides is 1. The highest BCUT2D eigenvalue weighted by molar-refractivity contribution is 7.65. The molecule has 5 N–H and O–H groups in total. The molecule has 1 fully saturated rings. The van der Waals surface area contributed by atoms with Crippen LogP contribution in [0.15, 0.2) is 40.3 Å². The van der Waals surface area contributed by atoms with Crippen molar-refractivity contribution in [3.63, 3.8) is 0 Å². The maximum atomic E-state index is 12.5. The molecule has 7 unspecified atom stereocenters. The number of phosphoric ester groups is 1. The van der Waals surface area contributed by atoms with Crippen molar-refractivity contribution >= 4 is 29.4 Å². The van der Waals surface area contributed by atoms with Gasteiger partial charge in [0.25, 0.3) is 34.9 Å². The quantitative estimate of drug-likeness (QED) is 0.150. The van der Waals surface area contributed by atoms with E-state index in [9.17, 15) is 53.0 Å². The lowest BCUT2D eigenvalue weighted by atomic mass is 10.1. The zero-order chi connectivity index (χ0) is 29.2. The summed E-state index contributed by atoms with van der Waals surface area (Å²) >= 11 is 0. The Bertz CT molecular complexity index is 1460. The molecule has 2 aromatic heterocycles. The highest BCUT2D eigenvalue weighted by Gasteiger charge is 2.45. The molecule has 0 aliphatic carbocycles. The summed E-state index contributed by atoms with van der Waals surface area (Å²) in [6.45, 7) is -1.27. The Labute approximate surface area is 216 Å². The summed E-state index contributed by atoms with van der Waals surface area (Å²) in [4.78, 5) is 84.5. The molecule has 0 radical (unpaired) electrons. The van der Waals surface area contributed by atoms with E-state index in [2.05, 4.69) is 23.4 Å². The van der Waals surface area contributed by atoms with Crippen LogP contribution in [0.4, 0.5) is 0 Å². The van der Waals surface area contributed by atoms with E-state index < -0.39 is 77.3 Å². The van der Waals surface area contributed by atoms with Gasteiger partial charge < -0.3 is 44.4 Å². The number of rotatable bonds is 11. The highest BCUT2D eigenvalue weighted by atomic mass is 31.3. The van der Waals surface area contributed by atoms with Gasteiger partial charge in [0.2, 0.25) is 0 Å². The van der Waals surface area contributed by atoms with Crippen LogP contribution in [0.2, 0.25) is 0 Å². The summed E-state index contributed by atoms with van der Waals surface area (Å²) in [6, 6.07) is 3.17. The molecule has 20 nitrogen and oxygen atoms in total. The lowest BCUT2D eigenvalue weighted by Gasteiger charge is -2.33. The van der Waals surface area contributed by atoms with Crippen LogP contribution in [-0.4, -0.2) is 60.5 Å². The summed E-state index contributed by atoms with van der Waals surface area (Å²) in [6.07, 6.45) is -3.91. The number of carbonyl (C=O) groups excluding carboxylic acids is 1. The Morgan fingerprint density at radius 2 is 1.74 bits per heavy atom. The molecule has 2 aromatic rings. The minimum absolute atomic E-state index is 0.0239. The lowest BCUT2D eigenvalue weighted by molar-refractivity contribution is -0.250. The molecule has 39 heavy (non-hydrogen) atoms.